The summed E-state index contributed by atoms with van der Waals surface area (Å²) in [5, 5.41) is 3.68. The van der Waals surface area contributed by atoms with Crippen LogP contribution < -0.4 is 10.5 Å². The Morgan fingerprint density at radius 3 is 2.74 bits per heavy atom. The Balaban J connectivity index is 2.85. The topological polar surface area (TPSA) is 107 Å². The van der Waals surface area contributed by atoms with E-state index in [1.54, 1.807) is 6.92 Å². The molecule has 2 atom stereocenters. The van der Waals surface area contributed by atoms with E-state index in [1.807, 2.05) is 6.92 Å². The summed E-state index contributed by atoms with van der Waals surface area (Å²) in [4.78, 5) is -0.0324. The standard InChI is InChI=1S/C10H20N4O3S2/c1-4-5-14-7-9(10(11)13-14)19(16,17)12-6-8(2)18(3)15/h7-8,12H,4-6H2,1-3H3,(H2,11,13). The van der Waals surface area contributed by atoms with Gasteiger partial charge < -0.3 is 5.73 Å². The quantitative estimate of drug-likeness (QED) is 0.732. The lowest BCUT2D eigenvalue weighted by Crippen LogP contribution is -2.32. The van der Waals surface area contributed by atoms with Crippen molar-refractivity contribution in [1.29, 1.82) is 0 Å². The fourth-order valence-electron chi connectivity index (χ4n) is 1.39. The van der Waals surface area contributed by atoms with E-state index < -0.39 is 20.8 Å². The number of anilines is 1. The zero-order chi connectivity index (χ0) is 14.6. The maximum Gasteiger partial charge on any atom is 0.245 e. The van der Waals surface area contributed by atoms with E-state index in [4.69, 9.17) is 5.73 Å². The van der Waals surface area contributed by atoms with Gasteiger partial charge in [-0.15, -0.1) is 0 Å². The van der Waals surface area contributed by atoms with Gasteiger partial charge in [-0.05, 0) is 13.3 Å². The van der Waals surface area contributed by atoms with Gasteiger partial charge in [0.1, 0.15) is 4.90 Å². The average Bonchev–Trinajstić information content (AvgIpc) is 2.68. The summed E-state index contributed by atoms with van der Waals surface area (Å²) in [6.45, 7) is 4.38. The Labute approximate surface area is 116 Å². The molecule has 19 heavy (non-hydrogen) atoms. The maximum atomic E-state index is 12.1. The number of nitrogens with one attached hydrogen (secondary N) is 1. The van der Waals surface area contributed by atoms with E-state index in [0.29, 0.717) is 6.54 Å². The number of hydrogen-bond donors (Lipinski definition) is 2. The highest BCUT2D eigenvalue weighted by molar-refractivity contribution is 7.89. The van der Waals surface area contributed by atoms with Gasteiger partial charge in [0, 0.05) is 41.6 Å². The summed E-state index contributed by atoms with van der Waals surface area (Å²) in [6, 6.07) is 0. The molecule has 0 bridgehead atoms. The zero-order valence-electron chi connectivity index (χ0n) is 11.3. The summed E-state index contributed by atoms with van der Waals surface area (Å²) in [5.41, 5.74) is 5.61. The second kappa shape index (κ2) is 6.49. The molecule has 0 saturated heterocycles. The van der Waals surface area contributed by atoms with Crippen molar-refractivity contribution >= 4 is 26.6 Å². The van der Waals surface area contributed by atoms with E-state index in [1.165, 1.54) is 17.1 Å². The molecule has 1 aromatic heterocycles. The largest absolute Gasteiger partial charge is 0.381 e. The van der Waals surface area contributed by atoms with Crippen LogP contribution in [0.3, 0.4) is 0 Å². The molecule has 1 heterocycles. The van der Waals surface area contributed by atoms with Gasteiger partial charge in [0.2, 0.25) is 10.0 Å². The molecule has 0 aliphatic rings. The minimum absolute atomic E-state index is 0.0220. The third-order valence-corrected chi connectivity index (χ3v) is 5.36. The molecule has 0 amide bonds. The van der Waals surface area contributed by atoms with Gasteiger partial charge in [0.15, 0.2) is 5.82 Å². The van der Waals surface area contributed by atoms with E-state index in [2.05, 4.69) is 9.82 Å². The summed E-state index contributed by atoms with van der Waals surface area (Å²) in [7, 11) is -4.79. The first-order chi connectivity index (χ1) is 8.77. The number of hydrogen-bond acceptors (Lipinski definition) is 5. The average molecular weight is 308 g/mol. The molecule has 2 unspecified atom stereocenters. The molecule has 0 aliphatic carbocycles. The van der Waals surface area contributed by atoms with Gasteiger partial charge >= 0.3 is 0 Å². The number of aromatic nitrogens is 2. The van der Waals surface area contributed by atoms with Gasteiger partial charge in [-0.2, -0.15) is 5.10 Å². The Bertz CT molecular complexity index is 553. The lowest BCUT2D eigenvalue weighted by Gasteiger charge is -2.09. The molecular weight excluding hydrogens is 288 g/mol. The van der Waals surface area contributed by atoms with Crippen molar-refractivity contribution in [3.05, 3.63) is 6.20 Å². The monoisotopic (exact) mass is 308 g/mol. The van der Waals surface area contributed by atoms with Gasteiger partial charge in [-0.1, -0.05) is 6.92 Å². The maximum absolute atomic E-state index is 12.1. The Morgan fingerprint density at radius 2 is 2.21 bits per heavy atom. The number of nitrogens with zero attached hydrogens (tertiary/aromatic N) is 2. The highest BCUT2D eigenvalue weighted by atomic mass is 32.2. The van der Waals surface area contributed by atoms with Crippen molar-refractivity contribution in [2.75, 3.05) is 18.5 Å². The predicted molar refractivity (Wildman–Crippen MR) is 75.6 cm³/mol. The molecule has 7 nitrogen and oxygen atoms in total. The van der Waals surface area contributed by atoms with Gasteiger partial charge in [0.25, 0.3) is 0 Å². The Kier molecular flexibility index (Phi) is 5.50. The molecule has 9 heteroatoms. The molecule has 0 fully saturated rings. The first kappa shape index (κ1) is 16.1. The zero-order valence-corrected chi connectivity index (χ0v) is 12.9. The van der Waals surface area contributed by atoms with Gasteiger partial charge in [0.05, 0.1) is 0 Å². The second-order valence-electron chi connectivity index (χ2n) is 4.30. The summed E-state index contributed by atoms with van der Waals surface area (Å²) in [5.74, 6) is -0.0220. The number of rotatable bonds is 7. The van der Waals surface area contributed by atoms with Crippen LogP contribution in [-0.2, 0) is 27.4 Å². The van der Waals surface area contributed by atoms with Crippen molar-refractivity contribution in [2.24, 2.45) is 0 Å². The number of sulfonamides is 1. The highest BCUT2D eigenvalue weighted by Crippen LogP contribution is 2.16. The van der Waals surface area contributed by atoms with Crippen LogP contribution >= 0.6 is 0 Å². The molecule has 0 spiro atoms. The molecule has 1 rings (SSSR count). The molecule has 0 saturated carbocycles. The van der Waals surface area contributed by atoms with Crippen LogP contribution in [0.15, 0.2) is 11.1 Å². The predicted octanol–water partition coefficient (Wildman–Crippen LogP) is -0.0794. The molecule has 110 valence electrons. The van der Waals surface area contributed by atoms with E-state index in [-0.39, 0.29) is 22.5 Å². The van der Waals surface area contributed by atoms with Crippen LogP contribution in [0.1, 0.15) is 20.3 Å². The lowest BCUT2D eigenvalue weighted by atomic mass is 10.5. The van der Waals surface area contributed by atoms with Crippen LogP contribution in [0.5, 0.6) is 0 Å². The van der Waals surface area contributed by atoms with Crippen LogP contribution in [0.2, 0.25) is 0 Å². The van der Waals surface area contributed by atoms with Crippen molar-refractivity contribution in [1.82, 2.24) is 14.5 Å². The smallest absolute Gasteiger partial charge is 0.245 e. The summed E-state index contributed by atoms with van der Waals surface area (Å²) >= 11 is 0. The number of nitrogen functional groups attached to an aromatic ring is 1. The van der Waals surface area contributed by atoms with Crippen LogP contribution in [0.25, 0.3) is 0 Å². The third-order valence-electron chi connectivity index (χ3n) is 2.62. The van der Waals surface area contributed by atoms with Crippen molar-refractivity contribution in [2.45, 2.75) is 37.0 Å². The minimum atomic E-state index is -3.71. The molecule has 3 N–H and O–H groups in total. The van der Waals surface area contributed by atoms with E-state index in [0.717, 1.165) is 6.42 Å². The molecule has 0 aliphatic heterocycles. The molecular formula is C10H20N4O3S2. The fourth-order valence-corrected chi connectivity index (χ4v) is 3.02. The Hall–Kier alpha value is -0.930. The molecule has 0 radical (unpaired) electrons. The van der Waals surface area contributed by atoms with Crippen molar-refractivity contribution in [3.63, 3.8) is 0 Å². The van der Waals surface area contributed by atoms with Crippen molar-refractivity contribution in [3.8, 4) is 0 Å². The van der Waals surface area contributed by atoms with Crippen molar-refractivity contribution < 1.29 is 12.6 Å². The molecule has 1 aromatic rings. The van der Waals surface area contributed by atoms with Gasteiger partial charge in [-0.3, -0.25) is 8.89 Å². The number of aryl methyl sites for hydroxylation is 1. The summed E-state index contributed by atoms with van der Waals surface area (Å²) < 4.78 is 39.2. The van der Waals surface area contributed by atoms with E-state index >= 15 is 0 Å². The second-order valence-corrected chi connectivity index (χ2v) is 7.84. The normalized spacial score (nSPS) is 15.3. The first-order valence-corrected chi connectivity index (χ1v) is 9.03. The van der Waals surface area contributed by atoms with Gasteiger partial charge in [-0.25, -0.2) is 13.1 Å². The minimum Gasteiger partial charge on any atom is -0.381 e. The lowest BCUT2D eigenvalue weighted by molar-refractivity contribution is 0.578. The first-order valence-electron chi connectivity index (χ1n) is 5.92. The third kappa shape index (κ3) is 4.29. The SMILES string of the molecule is CCCn1cc(S(=O)(=O)NCC(C)S(C)=O)c(N)n1. The molecule has 0 aromatic carbocycles. The van der Waals surface area contributed by atoms with Crippen LogP contribution in [0.4, 0.5) is 5.82 Å². The fraction of sp³-hybridized carbons (Fsp3) is 0.700. The Morgan fingerprint density at radius 1 is 1.58 bits per heavy atom. The summed E-state index contributed by atoms with van der Waals surface area (Å²) in [6.07, 6.45) is 3.78. The highest BCUT2D eigenvalue weighted by Gasteiger charge is 2.22. The van der Waals surface area contributed by atoms with Crippen LogP contribution in [0, 0.1) is 0 Å². The van der Waals surface area contributed by atoms with E-state index in [9.17, 15) is 12.6 Å². The number of nitrogens with two attached hydrogens (primary N) is 1. The van der Waals surface area contributed by atoms with Crippen LogP contribution in [-0.4, -0.2) is 40.5 Å².